The van der Waals surface area contributed by atoms with Gasteiger partial charge in [-0.1, -0.05) is 12.1 Å². The molecule has 4 aromatic rings. The number of benzene rings is 2. The van der Waals surface area contributed by atoms with Crippen molar-refractivity contribution in [3.8, 4) is 23.1 Å². The van der Waals surface area contributed by atoms with Crippen molar-refractivity contribution in [3.05, 3.63) is 74.8 Å². The fourth-order valence-electron chi connectivity index (χ4n) is 2.89. The molecule has 12 nitrogen and oxygen atoms in total. The quantitative estimate of drug-likeness (QED) is 0.246. The Bertz CT molecular complexity index is 1450. The summed E-state index contributed by atoms with van der Waals surface area (Å²) in [5, 5.41) is 16.4. The summed E-state index contributed by atoms with van der Waals surface area (Å²) in [4.78, 5) is 22.7. The SMILES string of the molecule is COc1cc([N-]S(=O)(=O)c2ccc(Nc3nc(-c4cccc([N+](=O)[O-])c4)cs3)cc2)nc(OC)n1. The Morgan fingerprint density at radius 3 is 2.49 bits per heavy atom. The third-order valence-electron chi connectivity index (χ3n) is 4.53. The molecule has 0 aliphatic rings. The van der Waals surface area contributed by atoms with Gasteiger partial charge in [-0.15, -0.1) is 11.3 Å². The Hall–Kier alpha value is -4.30. The third kappa shape index (κ3) is 5.62. The van der Waals surface area contributed by atoms with Crippen LogP contribution in [0.4, 0.5) is 22.3 Å². The second kappa shape index (κ2) is 9.90. The van der Waals surface area contributed by atoms with E-state index in [2.05, 4.69) is 25.0 Å². The molecule has 0 amide bonds. The molecule has 4 rings (SSSR count). The predicted molar refractivity (Wildman–Crippen MR) is 129 cm³/mol. The van der Waals surface area contributed by atoms with Crippen LogP contribution >= 0.6 is 11.3 Å². The lowest BCUT2D eigenvalue weighted by molar-refractivity contribution is -0.384. The van der Waals surface area contributed by atoms with Crippen LogP contribution in [0.2, 0.25) is 0 Å². The molecular weight excluding hydrogens is 496 g/mol. The first-order valence-electron chi connectivity index (χ1n) is 9.80. The number of nitrogens with one attached hydrogen (secondary N) is 1. The number of nitrogens with zero attached hydrogens (tertiary/aromatic N) is 5. The molecule has 0 aliphatic heterocycles. The number of non-ortho nitro benzene ring substituents is 1. The number of hydrogen-bond acceptors (Lipinski definition) is 11. The summed E-state index contributed by atoms with van der Waals surface area (Å²) < 4.78 is 39.1. The maximum absolute atomic E-state index is 12.7. The van der Waals surface area contributed by atoms with Gasteiger partial charge in [0.15, 0.2) is 5.13 Å². The Kier molecular flexibility index (Phi) is 6.75. The fourth-order valence-corrected chi connectivity index (χ4v) is 4.55. The first-order chi connectivity index (χ1) is 16.8. The number of rotatable bonds is 9. The van der Waals surface area contributed by atoms with E-state index in [1.54, 1.807) is 29.6 Å². The van der Waals surface area contributed by atoms with E-state index in [1.807, 2.05) is 0 Å². The number of hydrogen-bond donors (Lipinski definition) is 1. The highest BCUT2D eigenvalue weighted by Gasteiger charge is 2.13. The number of nitro groups is 1. The summed E-state index contributed by atoms with van der Waals surface area (Å²) in [6, 6.07) is 13.3. The van der Waals surface area contributed by atoms with E-state index in [-0.39, 0.29) is 28.3 Å². The zero-order valence-corrected chi connectivity index (χ0v) is 19.9. The van der Waals surface area contributed by atoms with E-state index in [0.717, 1.165) is 0 Å². The van der Waals surface area contributed by atoms with Crippen molar-refractivity contribution in [2.75, 3.05) is 19.5 Å². The molecule has 0 saturated carbocycles. The van der Waals surface area contributed by atoms with Gasteiger partial charge in [-0.2, -0.15) is 4.98 Å². The number of nitro benzene ring substituents is 1. The molecule has 0 aliphatic carbocycles. The zero-order chi connectivity index (χ0) is 25.0. The Balaban J connectivity index is 1.48. The fraction of sp³-hybridized carbons (Fsp3) is 0.0952. The van der Waals surface area contributed by atoms with Gasteiger partial charge in [-0.25, -0.2) is 13.4 Å². The largest absolute Gasteiger partial charge is 0.483 e. The van der Waals surface area contributed by atoms with Gasteiger partial charge in [0.25, 0.3) is 5.69 Å². The predicted octanol–water partition coefficient (Wildman–Crippen LogP) is 4.66. The van der Waals surface area contributed by atoms with E-state index in [4.69, 9.17) is 9.47 Å². The third-order valence-corrected chi connectivity index (χ3v) is 6.59. The molecule has 0 saturated heterocycles. The van der Waals surface area contributed by atoms with Crippen LogP contribution in [0.3, 0.4) is 0 Å². The highest BCUT2D eigenvalue weighted by atomic mass is 32.2. The number of thiazole rings is 1. The standard InChI is InChI=1S/C21H17N6O6S2/c1-32-19-11-18(24-20(25-19)33-2)26-35(30,31)16-8-6-14(7-9-16)22-21-23-17(12-34-21)13-4-3-5-15(10-13)27(28)29/h3-12H,1-2H3,(H-,22,23,24,25,26)/q-1. The van der Waals surface area contributed by atoms with Gasteiger partial charge in [0.05, 0.1) is 29.7 Å². The van der Waals surface area contributed by atoms with Gasteiger partial charge in [0.1, 0.15) is 0 Å². The molecule has 0 fully saturated rings. The highest BCUT2D eigenvalue weighted by Crippen LogP contribution is 2.32. The van der Waals surface area contributed by atoms with Crippen LogP contribution in [0.15, 0.2) is 64.9 Å². The summed E-state index contributed by atoms with van der Waals surface area (Å²) in [7, 11) is -1.35. The molecule has 14 heteroatoms. The summed E-state index contributed by atoms with van der Waals surface area (Å²) in [6.45, 7) is 0. The Morgan fingerprint density at radius 2 is 1.80 bits per heavy atom. The number of ether oxygens (including phenoxy) is 2. The second-order valence-electron chi connectivity index (χ2n) is 6.82. The van der Waals surface area contributed by atoms with Crippen molar-refractivity contribution in [1.29, 1.82) is 0 Å². The Labute approximate surface area is 203 Å². The van der Waals surface area contributed by atoms with Gasteiger partial charge in [0.2, 0.25) is 21.9 Å². The summed E-state index contributed by atoms with van der Waals surface area (Å²) in [5.74, 6) is -0.0226. The van der Waals surface area contributed by atoms with Gasteiger partial charge >= 0.3 is 0 Å². The van der Waals surface area contributed by atoms with Crippen LogP contribution in [-0.2, 0) is 10.0 Å². The van der Waals surface area contributed by atoms with Gasteiger partial charge in [0, 0.05) is 34.8 Å². The maximum atomic E-state index is 12.7. The normalized spacial score (nSPS) is 11.0. The lowest BCUT2D eigenvalue weighted by atomic mass is 10.1. The van der Waals surface area contributed by atoms with Crippen molar-refractivity contribution < 1.29 is 22.8 Å². The maximum Gasteiger partial charge on any atom is 0.270 e. The van der Waals surface area contributed by atoms with E-state index in [9.17, 15) is 18.5 Å². The average molecular weight is 514 g/mol. The molecular formula is C21H17N6O6S2-. The molecule has 2 heterocycles. The van der Waals surface area contributed by atoms with Crippen molar-refractivity contribution in [2.24, 2.45) is 0 Å². The molecule has 0 spiro atoms. The van der Waals surface area contributed by atoms with E-state index in [1.165, 1.54) is 55.9 Å². The van der Waals surface area contributed by atoms with Crippen LogP contribution in [0.25, 0.3) is 16.0 Å². The molecule has 1 N–H and O–H groups in total. The topological polar surface area (TPSA) is 161 Å². The minimum atomic E-state index is -4.07. The van der Waals surface area contributed by atoms with E-state index in [0.29, 0.717) is 22.1 Å². The molecule has 0 atom stereocenters. The van der Waals surface area contributed by atoms with Crippen LogP contribution < -0.4 is 14.8 Å². The minimum Gasteiger partial charge on any atom is -0.483 e. The monoisotopic (exact) mass is 513 g/mol. The van der Waals surface area contributed by atoms with Crippen molar-refractivity contribution in [1.82, 2.24) is 15.0 Å². The lowest BCUT2D eigenvalue weighted by Gasteiger charge is -2.17. The first kappa shape index (κ1) is 23.8. The van der Waals surface area contributed by atoms with Gasteiger partial charge in [-0.05, 0) is 30.1 Å². The van der Waals surface area contributed by atoms with Crippen molar-refractivity contribution >= 4 is 43.7 Å². The first-order valence-corrected chi connectivity index (χ1v) is 12.1. The van der Waals surface area contributed by atoms with Crippen molar-refractivity contribution in [3.63, 3.8) is 0 Å². The smallest absolute Gasteiger partial charge is 0.270 e. The highest BCUT2D eigenvalue weighted by molar-refractivity contribution is 7.94. The number of sulfonamides is 1. The van der Waals surface area contributed by atoms with E-state index < -0.39 is 14.9 Å². The molecule has 0 bridgehead atoms. The second-order valence-corrected chi connectivity index (χ2v) is 9.28. The lowest BCUT2D eigenvalue weighted by Crippen LogP contribution is -2.01. The Morgan fingerprint density at radius 1 is 1.03 bits per heavy atom. The van der Waals surface area contributed by atoms with Crippen LogP contribution in [-0.4, -0.2) is 42.5 Å². The number of anilines is 2. The van der Waals surface area contributed by atoms with Crippen molar-refractivity contribution in [2.45, 2.75) is 4.90 Å². The molecule has 0 unspecified atom stereocenters. The van der Waals surface area contributed by atoms with Gasteiger partial charge < -0.3 is 24.5 Å². The van der Waals surface area contributed by atoms with Crippen LogP contribution in [0.5, 0.6) is 11.9 Å². The summed E-state index contributed by atoms with van der Waals surface area (Å²) in [5.41, 5.74) is 1.76. The zero-order valence-electron chi connectivity index (χ0n) is 18.3. The molecule has 35 heavy (non-hydrogen) atoms. The molecule has 2 aromatic carbocycles. The number of methoxy groups -OCH3 is 2. The van der Waals surface area contributed by atoms with Crippen LogP contribution in [0.1, 0.15) is 0 Å². The number of aromatic nitrogens is 3. The minimum absolute atomic E-state index is 0.0222. The van der Waals surface area contributed by atoms with Crippen LogP contribution in [0, 0.1) is 10.1 Å². The molecule has 2 aromatic heterocycles. The summed E-state index contributed by atoms with van der Waals surface area (Å²) in [6.07, 6.45) is 0. The molecule has 0 radical (unpaired) electrons. The summed E-state index contributed by atoms with van der Waals surface area (Å²) >= 11 is 1.31. The average Bonchev–Trinajstić information content (AvgIpc) is 3.32. The molecule has 180 valence electrons. The van der Waals surface area contributed by atoms with E-state index >= 15 is 0 Å². The van der Waals surface area contributed by atoms with Gasteiger partial charge in [-0.3, -0.25) is 10.1 Å².